The second-order valence-corrected chi connectivity index (χ2v) is 5.02. The molecule has 3 rings (SSSR count). The second kappa shape index (κ2) is 6.63. The minimum Gasteiger partial charge on any atom is -0.428 e. The van der Waals surface area contributed by atoms with Crippen LogP contribution >= 0.6 is 23.0 Å². The molecule has 0 heterocycles. The van der Waals surface area contributed by atoms with Crippen molar-refractivity contribution in [2.45, 2.75) is 0 Å². The van der Waals surface area contributed by atoms with Gasteiger partial charge in [-0.2, -0.15) is 0 Å². The smallest absolute Gasteiger partial charge is 0.192 e. The highest BCUT2D eigenvalue weighted by atomic mass is 127. The van der Waals surface area contributed by atoms with Crippen LogP contribution in [0.1, 0.15) is 0 Å². The van der Waals surface area contributed by atoms with E-state index in [1.807, 2.05) is 71.5 Å². The first-order valence-electron chi connectivity index (χ1n) is 6.67. The van der Waals surface area contributed by atoms with Crippen molar-refractivity contribution in [3.63, 3.8) is 0 Å². The first-order valence-corrected chi connectivity index (χ1v) is 7.55. The van der Waals surface area contributed by atoms with Crippen LogP contribution in [0.15, 0.2) is 84.9 Å². The molecular formula is C18H14INO. The van der Waals surface area contributed by atoms with E-state index < -0.39 is 0 Å². The SMILES string of the molecule is IOc1ccc(N(c2ccccc2)c2ccccc2)cc1. The Morgan fingerprint density at radius 2 is 1.00 bits per heavy atom. The number of halogens is 1. The van der Waals surface area contributed by atoms with Crippen molar-refractivity contribution in [2.24, 2.45) is 0 Å². The van der Waals surface area contributed by atoms with Crippen LogP contribution < -0.4 is 7.97 Å². The maximum atomic E-state index is 5.21. The predicted octanol–water partition coefficient (Wildman–Crippen LogP) is 5.89. The van der Waals surface area contributed by atoms with Gasteiger partial charge in [-0.05, 0) is 48.5 Å². The molecule has 21 heavy (non-hydrogen) atoms. The van der Waals surface area contributed by atoms with Crippen LogP contribution in [0, 0.1) is 0 Å². The third-order valence-electron chi connectivity index (χ3n) is 3.21. The lowest BCUT2D eigenvalue weighted by Gasteiger charge is -2.25. The molecule has 0 aliphatic carbocycles. The number of nitrogens with zero attached hydrogens (tertiary/aromatic N) is 1. The molecule has 0 bridgehead atoms. The molecule has 0 aliphatic heterocycles. The van der Waals surface area contributed by atoms with Crippen LogP contribution in [-0.2, 0) is 0 Å². The third-order valence-corrected chi connectivity index (χ3v) is 3.72. The Balaban J connectivity index is 2.07. The van der Waals surface area contributed by atoms with Crippen molar-refractivity contribution in [3.05, 3.63) is 84.9 Å². The molecule has 0 amide bonds. The summed E-state index contributed by atoms with van der Waals surface area (Å²) >= 11 is 1.89. The van der Waals surface area contributed by atoms with Crippen molar-refractivity contribution in [1.82, 2.24) is 0 Å². The first-order chi connectivity index (χ1) is 10.4. The average Bonchev–Trinajstić information content (AvgIpc) is 2.58. The number of para-hydroxylation sites is 2. The summed E-state index contributed by atoms with van der Waals surface area (Å²) in [4.78, 5) is 2.22. The zero-order chi connectivity index (χ0) is 14.5. The Hall–Kier alpha value is -2.01. The zero-order valence-corrected chi connectivity index (χ0v) is 13.5. The van der Waals surface area contributed by atoms with Gasteiger partial charge in [-0.1, -0.05) is 36.4 Å². The number of hydrogen-bond donors (Lipinski definition) is 0. The summed E-state index contributed by atoms with van der Waals surface area (Å²) in [6.07, 6.45) is 0. The van der Waals surface area contributed by atoms with Gasteiger partial charge in [0.2, 0.25) is 0 Å². The highest BCUT2D eigenvalue weighted by Crippen LogP contribution is 2.34. The molecule has 3 heteroatoms. The van der Waals surface area contributed by atoms with Gasteiger partial charge in [0.1, 0.15) is 5.75 Å². The van der Waals surface area contributed by atoms with Gasteiger partial charge in [-0.3, -0.25) is 0 Å². The molecule has 104 valence electrons. The molecule has 3 aromatic carbocycles. The second-order valence-electron chi connectivity index (χ2n) is 4.58. The zero-order valence-electron chi connectivity index (χ0n) is 11.3. The van der Waals surface area contributed by atoms with Crippen LogP contribution in [0.25, 0.3) is 0 Å². The van der Waals surface area contributed by atoms with E-state index in [4.69, 9.17) is 3.07 Å². The van der Waals surface area contributed by atoms with Crippen molar-refractivity contribution in [1.29, 1.82) is 0 Å². The Morgan fingerprint density at radius 1 is 0.571 bits per heavy atom. The van der Waals surface area contributed by atoms with Crippen LogP contribution in [0.5, 0.6) is 5.75 Å². The van der Waals surface area contributed by atoms with Crippen molar-refractivity contribution in [2.75, 3.05) is 4.90 Å². The topological polar surface area (TPSA) is 12.5 Å². The van der Waals surface area contributed by atoms with Crippen LogP contribution in [-0.4, -0.2) is 0 Å². The summed E-state index contributed by atoms with van der Waals surface area (Å²) in [5, 5.41) is 0. The molecule has 0 fully saturated rings. The fraction of sp³-hybridized carbons (Fsp3) is 0. The Bertz CT molecular complexity index is 644. The molecule has 0 unspecified atom stereocenters. The van der Waals surface area contributed by atoms with Crippen molar-refractivity contribution in [3.8, 4) is 5.75 Å². The van der Waals surface area contributed by atoms with E-state index in [0.29, 0.717) is 0 Å². The van der Waals surface area contributed by atoms with Crippen molar-refractivity contribution >= 4 is 40.1 Å². The number of hydrogen-bond acceptors (Lipinski definition) is 2. The maximum absolute atomic E-state index is 5.21. The summed E-state index contributed by atoms with van der Waals surface area (Å²) in [6.45, 7) is 0. The Kier molecular flexibility index (Phi) is 4.40. The monoisotopic (exact) mass is 387 g/mol. The summed E-state index contributed by atoms with van der Waals surface area (Å²) in [5.41, 5.74) is 3.36. The largest absolute Gasteiger partial charge is 0.428 e. The molecule has 0 aliphatic rings. The van der Waals surface area contributed by atoms with E-state index in [2.05, 4.69) is 41.3 Å². The lowest BCUT2D eigenvalue weighted by atomic mass is 10.2. The molecule has 3 aromatic rings. The molecule has 0 N–H and O–H groups in total. The fourth-order valence-electron chi connectivity index (χ4n) is 2.25. The number of rotatable bonds is 4. The van der Waals surface area contributed by atoms with E-state index in [9.17, 15) is 0 Å². The Morgan fingerprint density at radius 3 is 1.43 bits per heavy atom. The quantitative estimate of drug-likeness (QED) is 0.518. The molecule has 0 saturated heterocycles. The van der Waals surface area contributed by atoms with Crippen LogP contribution in [0.4, 0.5) is 17.1 Å². The molecule has 0 atom stereocenters. The van der Waals surface area contributed by atoms with Gasteiger partial charge in [-0.15, -0.1) is 0 Å². The van der Waals surface area contributed by atoms with Crippen LogP contribution in [0.2, 0.25) is 0 Å². The van der Waals surface area contributed by atoms with Gasteiger partial charge in [0.25, 0.3) is 0 Å². The summed E-state index contributed by atoms with van der Waals surface area (Å²) in [6, 6.07) is 28.8. The summed E-state index contributed by atoms with van der Waals surface area (Å²) in [5.74, 6) is 0.848. The number of anilines is 3. The molecule has 0 radical (unpaired) electrons. The molecule has 0 saturated carbocycles. The minimum atomic E-state index is 0.848. The van der Waals surface area contributed by atoms with Gasteiger partial charge in [0, 0.05) is 17.1 Å². The Labute approximate surface area is 138 Å². The summed E-state index contributed by atoms with van der Waals surface area (Å²) in [7, 11) is 0. The van der Waals surface area contributed by atoms with Crippen molar-refractivity contribution < 1.29 is 3.07 Å². The highest BCUT2D eigenvalue weighted by molar-refractivity contribution is 14.1. The standard InChI is InChI=1S/C18H14INO/c19-21-18-13-11-17(12-14-18)20(15-7-3-1-4-8-15)16-9-5-2-6-10-16/h1-14H. The lowest BCUT2D eigenvalue weighted by molar-refractivity contribution is 0.717. The molecule has 0 spiro atoms. The van der Waals surface area contributed by atoms with E-state index >= 15 is 0 Å². The first kappa shape index (κ1) is 13.9. The minimum absolute atomic E-state index is 0.848. The van der Waals surface area contributed by atoms with Gasteiger partial charge >= 0.3 is 0 Å². The molecule has 2 nitrogen and oxygen atoms in total. The maximum Gasteiger partial charge on any atom is 0.192 e. The lowest BCUT2D eigenvalue weighted by Crippen LogP contribution is -2.09. The van der Waals surface area contributed by atoms with E-state index in [-0.39, 0.29) is 0 Å². The average molecular weight is 387 g/mol. The normalized spacial score (nSPS) is 10.1. The molecular weight excluding hydrogens is 373 g/mol. The summed E-state index contributed by atoms with van der Waals surface area (Å²) < 4.78 is 5.21. The molecule has 0 aromatic heterocycles. The van der Waals surface area contributed by atoms with Gasteiger partial charge in [-0.25, -0.2) is 0 Å². The van der Waals surface area contributed by atoms with Gasteiger partial charge < -0.3 is 7.97 Å². The van der Waals surface area contributed by atoms with Gasteiger partial charge in [0.15, 0.2) is 23.0 Å². The fourth-order valence-corrected chi connectivity index (χ4v) is 2.54. The van der Waals surface area contributed by atoms with E-state index in [0.717, 1.165) is 22.8 Å². The highest BCUT2D eigenvalue weighted by Gasteiger charge is 2.11. The predicted molar refractivity (Wildman–Crippen MR) is 95.8 cm³/mol. The van der Waals surface area contributed by atoms with Gasteiger partial charge in [0.05, 0.1) is 0 Å². The van der Waals surface area contributed by atoms with Crippen LogP contribution in [0.3, 0.4) is 0 Å². The van der Waals surface area contributed by atoms with E-state index in [1.165, 1.54) is 0 Å². The number of benzene rings is 3. The third kappa shape index (κ3) is 3.19. The van der Waals surface area contributed by atoms with E-state index in [1.54, 1.807) is 0 Å².